The van der Waals surface area contributed by atoms with Crippen LogP contribution >= 0.6 is 8.58 Å². The van der Waals surface area contributed by atoms with Crippen LogP contribution in [0.15, 0.2) is 66.8 Å². The van der Waals surface area contributed by atoms with E-state index in [0.717, 1.165) is 24.7 Å². The minimum absolute atomic E-state index is 0.404. The van der Waals surface area contributed by atoms with Crippen LogP contribution in [0.2, 0.25) is 0 Å². The van der Waals surface area contributed by atoms with E-state index in [-0.39, 0.29) is 0 Å². The molecule has 2 aromatic rings. The Bertz CT molecular complexity index is 779. The first-order valence-corrected chi connectivity index (χ1v) is 9.76. The molecule has 1 aliphatic carbocycles. The fraction of sp³-hybridized carbons (Fsp3) is 0.273. The Hall–Kier alpha value is -1.89. The van der Waals surface area contributed by atoms with Gasteiger partial charge in [0.2, 0.25) is 0 Å². The van der Waals surface area contributed by atoms with E-state index in [1.165, 1.54) is 16.4 Å². The van der Waals surface area contributed by atoms with Crippen molar-refractivity contribution in [3.8, 4) is 5.75 Å². The average Bonchev–Trinajstić information content (AvgIpc) is 2.60. The Balaban J connectivity index is 1.79. The van der Waals surface area contributed by atoms with Crippen molar-refractivity contribution in [2.45, 2.75) is 19.4 Å². The first-order chi connectivity index (χ1) is 12.1. The molecule has 0 radical (unpaired) electrons. The van der Waals surface area contributed by atoms with E-state index >= 15 is 0 Å². The molecule has 0 saturated carbocycles. The lowest BCUT2D eigenvalue weighted by atomic mass is 9.93. The van der Waals surface area contributed by atoms with Gasteiger partial charge in [-0.25, -0.2) is 0 Å². The molecule has 1 N–H and O–H groups in total. The van der Waals surface area contributed by atoms with Crippen molar-refractivity contribution in [3.05, 3.63) is 77.9 Å². The molecule has 2 atom stereocenters. The van der Waals surface area contributed by atoms with Gasteiger partial charge in [-0.1, -0.05) is 63.2 Å². The lowest BCUT2D eigenvalue weighted by Gasteiger charge is -2.16. The molecule has 0 fully saturated rings. The summed E-state index contributed by atoms with van der Waals surface area (Å²) in [6.07, 6.45) is 10.9. The van der Waals surface area contributed by atoms with E-state index in [4.69, 9.17) is 0 Å². The standard InChI is InChI=1S/C22H26NOP/c1-23(2)16-19-10-6-7-11-21(19)25-22-15-18(12-13-20(22)24)14-17-8-4-3-5-9-17/h3-8,10-13,15,17,24-25H,9,14,16H2,1-2H3. The van der Waals surface area contributed by atoms with Crippen molar-refractivity contribution in [2.24, 2.45) is 5.92 Å². The summed E-state index contributed by atoms with van der Waals surface area (Å²) in [5.74, 6) is 0.965. The number of hydrogen-bond acceptors (Lipinski definition) is 2. The summed E-state index contributed by atoms with van der Waals surface area (Å²) in [7, 11) is 4.65. The van der Waals surface area contributed by atoms with Gasteiger partial charge in [-0.15, -0.1) is 0 Å². The summed E-state index contributed by atoms with van der Waals surface area (Å²) in [5.41, 5.74) is 2.63. The molecule has 0 bridgehead atoms. The summed E-state index contributed by atoms with van der Waals surface area (Å²) in [6.45, 7) is 0.919. The molecule has 130 valence electrons. The summed E-state index contributed by atoms with van der Waals surface area (Å²) in [4.78, 5) is 2.18. The van der Waals surface area contributed by atoms with Gasteiger partial charge in [-0.2, -0.15) is 0 Å². The Morgan fingerprint density at radius 2 is 1.92 bits per heavy atom. The average molecular weight is 351 g/mol. The van der Waals surface area contributed by atoms with Crippen molar-refractivity contribution < 1.29 is 5.11 Å². The maximum absolute atomic E-state index is 10.3. The molecular formula is C22H26NOP. The van der Waals surface area contributed by atoms with E-state index in [2.05, 4.69) is 79.7 Å². The van der Waals surface area contributed by atoms with Crippen LogP contribution in [0.4, 0.5) is 0 Å². The molecule has 1 aliphatic rings. The van der Waals surface area contributed by atoms with Crippen LogP contribution in [0.3, 0.4) is 0 Å². The maximum atomic E-state index is 10.3. The fourth-order valence-electron chi connectivity index (χ4n) is 3.16. The van der Waals surface area contributed by atoms with E-state index in [9.17, 15) is 5.11 Å². The SMILES string of the molecule is CN(C)Cc1ccccc1Pc1cc(CC2C=CC=CC2)ccc1O. The van der Waals surface area contributed by atoms with Crippen LogP contribution < -0.4 is 10.6 Å². The number of phenolic OH excluding ortho intramolecular Hbond substituents is 1. The zero-order valence-corrected chi connectivity index (χ0v) is 15.9. The molecule has 3 rings (SSSR count). The highest BCUT2D eigenvalue weighted by molar-refractivity contribution is 7.55. The molecule has 0 amide bonds. The third-order valence-electron chi connectivity index (χ3n) is 4.40. The summed E-state index contributed by atoms with van der Waals surface area (Å²) < 4.78 is 0. The number of aromatic hydroxyl groups is 1. The number of phenols is 1. The number of hydrogen-bond donors (Lipinski definition) is 1. The van der Waals surface area contributed by atoms with Crippen LogP contribution in [0.5, 0.6) is 5.75 Å². The zero-order chi connectivity index (χ0) is 17.6. The molecule has 0 aromatic heterocycles. The van der Waals surface area contributed by atoms with Gasteiger partial charge in [-0.05, 0) is 61.4 Å². The second kappa shape index (κ2) is 8.47. The Morgan fingerprint density at radius 1 is 1.08 bits per heavy atom. The molecular weight excluding hydrogens is 325 g/mol. The van der Waals surface area contributed by atoms with Crippen molar-refractivity contribution in [2.75, 3.05) is 14.1 Å². The van der Waals surface area contributed by atoms with Gasteiger partial charge >= 0.3 is 0 Å². The van der Waals surface area contributed by atoms with Gasteiger partial charge in [0, 0.05) is 11.8 Å². The molecule has 3 heteroatoms. The highest BCUT2D eigenvalue weighted by atomic mass is 31.1. The van der Waals surface area contributed by atoms with E-state index in [1.807, 2.05) is 6.07 Å². The second-order valence-electron chi connectivity index (χ2n) is 6.88. The Kier molecular flexibility index (Phi) is 6.07. The molecule has 0 saturated heterocycles. The largest absolute Gasteiger partial charge is 0.507 e. The van der Waals surface area contributed by atoms with E-state index in [0.29, 0.717) is 20.2 Å². The number of allylic oxidation sites excluding steroid dienone is 4. The minimum atomic E-state index is 0.404. The fourth-order valence-corrected chi connectivity index (χ4v) is 4.42. The highest BCUT2D eigenvalue weighted by Gasteiger charge is 2.11. The van der Waals surface area contributed by atoms with Crippen LogP contribution in [0, 0.1) is 5.92 Å². The van der Waals surface area contributed by atoms with Gasteiger partial charge < -0.3 is 10.0 Å². The number of nitrogens with zero attached hydrogens (tertiary/aromatic N) is 1. The molecule has 0 aliphatic heterocycles. The lowest BCUT2D eigenvalue weighted by molar-refractivity contribution is 0.403. The van der Waals surface area contributed by atoms with Crippen molar-refractivity contribution in [3.63, 3.8) is 0 Å². The topological polar surface area (TPSA) is 23.5 Å². The van der Waals surface area contributed by atoms with E-state index in [1.54, 1.807) is 0 Å². The Morgan fingerprint density at radius 3 is 2.68 bits per heavy atom. The predicted molar refractivity (Wildman–Crippen MR) is 110 cm³/mol. The van der Waals surface area contributed by atoms with Crippen LogP contribution in [0.25, 0.3) is 0 Å². The van der Waals surface area contributed by atoms with Crippen molar-refractivity contribution in [1.29, 1.82) is 0 Å². The molecule has 0 heterocycles. The van der Waals surface area contributed by atoms with Gasteiger partial charge in [-0.3, -0.25) is 0 Å². The normalized spacial score (nSPS) is 17.0. The van der Waals surface area contributed by atoms with Crippen molar-refractivity contribution in [1.82, 2.24) is 4.90 Å². The predicted octanol–water partition coefficient (Wildman–Crippen LogP) is 3.76. The van der Waals surface area contributed by atoms with Gasteiger partial charge in [0.1, 0.15) is 5.75 Å². The lowest BCUT2D eigenvalue weighted by Crippen LogP contribution is -2.17. The van der Waals surface area contributed by atoms with Crippen LogP contribution in [-0.2, 0) is 13.0 Å². The Labute approximate surface area is 152 Å². The van der Waals surface area contributed by atoms with Gasteiger partial charge in [0.05, 0.1) is 0 Å². The molecule has 2 unspecified atom stereocenters. The third-order valence-corrected chi connectivity index (χ3v) is 5.83. The van der Waals surface area contributed by atoms with Crippen LogP contribution in [-0.4, -0.2) is 24.1 Å². The van der Waals surface area contributed by atoms with Crippen LogP contribution in [0.1, 0.15) is 17.5 Å². The summed E-state index contributed by atoms with van der Waals surface area (Å²) in [6, 6.07) is 14.6. The minimum Gasteiger partial charge on any atom is -0.507 e. The monoisotopic (exact) mass is 351 g/mol. The molecule has 2 aromatic carbocycles. The van der Waals surface area contributed by atoms with Gasteiger partial charge in [0.25, 0.3) is 0 Å². The third kappa shape index (κ3) is 5.04. The van der Waals surface area contributed by atoms with Gasteiger partial charge in [0.15, 0.2) is 0 Å². The van der Waals surface area contributed by atoms with Crippen molar-refractivity contribution >= 4 is 19.2 Å². The summed E-state index contributed by atoms with van der Waals surface area (Å²) in [5, 5.41) is 12.7. The first-order valence-electron chi connectivity index (χ1n) is 8.76. The first kappa shape index (κ1) is 17.9. The van der Waals surface area contributed by atoms with E-state index < -0.39 is 0 Å². The second-order valence-corrected chi connectivity index (χ2v) is 8.21. The number of rotatable bonds is 6. The molecule has 2 nitrogen and oxygen atoms in total. The zero-order valence-electron chi connectivity index (χ0n) is 14.9. The smallest absolute Gasteiger partial charge is 0.123 e. The number of benzene rings is 2. The maximum Gasteiger partial charge on any atom is 0.123 e. The molecule has 25 heavy (non-hydrogen) atoms. The quantitative estimate of drug-likeness (QED) is 0.801. The summed E-state index contributed by atoms with van der Waals surface area (Å²) >= 11 is 0. The highest BCUT2D eigenvalue weighted by Crippen LogP contribution is 2.24. The molecule has 0 spiro atoms.